The van der Waals surface area contributed by atoms with E-state index in [-0.39, 0.29) is 27.5 Å². The van der Waals surface area contributed by atoms with Gasteiger partial charge in [-0.2, -0.15) is 4.31 Å². The third-order valence-corrected chi connectivity index (χ3v) is 8.19. The number of benzene rings is 1. The van der Waals surface area contributed by atoms with Crippen LogP contribution < -0.4 is 0 Å². The molecule has 3 heterocycles. The summed E-state index contributed by atoms with van der Waals surface area (Å²) in [5.74, 6) is 0.389. The summed E-state index contributed by atoms with van der Waals surface area (Å²) in [6.45, 7) is 3.36. The van der Waals surface area contributed by atoms with Gasteiger partial charge in [0.2, 0.25) is 15.9 Å². The van der Waals surface area contributed by atoms with Gasteiger partial charge >= 0.3 is 0 Å². The molecule has 158 valence electrons. The smallest absolute Gasteiger partial charge is 0.277 e. The van der Waals surface area contributed by atoms with Crippen LogP contribution in [0.15, 0.2) is 50.9 Å². The van der Waals surface area contributed by atoms with Gasteiger partial charge in [0.25, 0.3) is 5.22 Å². The number of nitrogens with zero attached hydrogens (tertiary/aromatic N) is 3. The van der Waals surface area contributed by atoms with E-state index in [4.69, 9.17) is 9.15 Å². The molecule has 3 aromatic rings. The fourth-order valence-electron chi connectivity index (χ4n) is 2.89. The zero-order valence-corrected chi connectivity index (χ0v) is 18.6. The molecule has 1 saturated heterocycles. The molecule has 4 rings (SSSR count). The zero-order chi connectivity index (χ0) is 21.1. The minimum atomic E-state index is -3.62. The van der Waals surface area contributed by atoms with Crippen molar-refractivity contribution in [3.63, 3.8) is 0 Å². The summed E-state index contributed by atoms with van der Waals surface area (Å²) in [5.41, 5.74) is 0.504. The van der Waals surface area contributed by atoms with Crippen LogP contribution in [0.3, 0.4) is 0 Å². The Bertz CT molecular complexity index is 1150. The summed E-state index contributed by atoms with van der Waals surface area (Å²) < 4.78 is 38.0. The SMILES string of the molecule is Cc1ccc(C(=O)CSc2nnc(-c3cccc(S(=O)(=O)N4CCOCC4)c3)o2)s1. The van der Waals surface area contributed by atoms with Gasteiger partial charge in [-0.05, 0) is 37.3 Å². The summed E-state index contributed by atoms with van der Waals surface area (Å²) in [5, 5.41) is 8.23. The molecule has 0 aliphatic carbocycles. The Morgan fingerprint density at radius 2 is 2.00 bits per heavy atom. The Hall–Kier alpha value is -2.05. The topological polar surface area (TPSA) is 103 Å². The largest absolute Gasteiger partial charge is 0.411 e. The van der Waals surface area contributed by atoms with Crippen LogP contribution in [-0.2, 0) is 14.8 Å². The van der Waals surface area contributed by atoms with Crippen LogP contribution in [0.5, 0.6) is 0 Å². The van der Waals surface area contributed by atoms with Crippen molar-refractivity contribution in [1.29, 1.82) is 0 Å². The van der Waals surface area contributed by atoms with Crippen LogP contribution in [0.4, 0.5) is 0 Å². The highest BCUT2D eigenvalue weighted by Gasteiger charge is 2.27. The Labute approximate surface area is 182 Å². The van der Waals surface area contributed by atoms with Crippen molar-refractivity contribution in [2.24, 2.45) is 0 Å². The maximum Gasteiger partial charge on any atom is 0.277 e. The minimum absolute atomic E-state index is 0.00329. The van der Waals surface area contributed by atoms with Crippen LogP contribution >= 0.6 is 23.1 Å². The third kappa shape index (κ3) is 4.65. The summed E-state index contributed by atoms with van der Waals surface area (Å²) in [4.78, 5) is 14.2. The maximum atomic E-state index is 12.9. The van der Waals surface area contributed by atoms with Gasteiger partial charge in [0.05, 0.1) is 28.7 Å². The lowest BCUT2D eigenvalue weighted by molar-refractivity contribution is 0.0730. The van der Waals surface area contributed by atoms with E-state index in [0.717, 1.165) is 16.6 Å². The number of rotatable bonds is 7. The Morgan fingerprint density at radius 3 is 2.73 bits per heavy atom. The first-order valence-electron chi connectivity index (χ1n) is 9.18. The van der Waals surface area contributed by atoms with Crippen molar-refractivity contribution in [3.05, 3.63) is 46.2 Å². The van der Waals surface area contributed by atoms with Gasteiger partial charge in [-0.15, -0.1) is 21.5 Å². The monoisotopic (exact) mass is 465 g/mol. The molecule has 11 heteroatoms. The number of ether oxygens (including phenoxy) is 1. The number of thioether (sulfide) groups is 1. The second-order valence-electron chi connectivity index (χ2n) is 6.54. The maximum absolute atomic E-state index is 12.9. The first-order chi connectivity index (χ1) is 14.4. The summed E-state index contributed by atoms with van der Waals surface area (Å²) >= 11 is 2.61. The van der Waals surface area contributed by atoms with Crippen molar-refractivity contribution < 1.29 is 22.4 Å². The number of carbonyl (C=O) groups excluding carboxylic acids is 1. The van der Waals surface area contributed by atoms with Crippen molar-refractivity contribution >= 4 is 38.9 Å². The fraction of sp³-hybridized carbons (Fsp3) is 0.316. The number of aryl methyl sites for hydroxylation is 1. The number of Topliss-reactive ketones (excluding diaryl/α,β-unsaturated/α-hetero) is 1. The third-order valence-electron chi connectivity index (χ3n) is 4.44. The molecule has 1 aliphatic heterocycles. The lowest BCUT2D eigenvalue weighted by atomic mass is 10.2. The van der Waals surface area contributed by atoms with Crippen molar-refractivity contribution in [1.82, 2.24) is 14.5 Å². The number of morpholine rings is 1. The van der Waals surface area contributed by atoms with Crippen LogP contribution in [0.2, 0.25) is 0 Å². The molecule has 30 heavy (non-hydrogen) atoms. The number of hydrogen-bond donors (Lipinski definition) is 0. The predicted octanol–water partition coefficient (Wildman–Crippen LogP) is 3.10. The highest BCUT2D eigenvalue weighted by Crippen LogP contribution is 2.27. The van der Waals surface area contributed by atoms with Crippen molar-refractivity contribution in [2.75, 3.05) is 32.1 Å². The first kappa shape index (κ1) is 21.2. The number of carbonyl (C=O) groups is 1. The fourth-order valence-corrected chi connectivity index (χ4v) is 5.89. The molecule has 0 amide bonds. The summed E-state index contributed by atoms with van der Waals surface area (Å²) in [6, 6.07) is 10.1. The number of ketones is 1. The summed E-state index contributed by atoms with van der Waals surface area (Å²) in [7, 11) is -3.62. The lowest BCUT2D eigenvalue weighted by Crippen LogP contribution is -2.40. The van der Waals surface area contributed by atoms with E-state index in [1.807, 2.05) is 19.1 Å². The van der Waals surface area contributed by atoms with Gasteiger partial charge in [0.15, 0.2) is 5.78 Å². The Morgan fingerprint density at radius 1 is 1.20 bits per heavy atom. The molecule has 0 radical (unpaired) electrons. The molecule has 0 N–H and O–H groups in total. The van der Waals surface area contributed by atoms with Gasteiger partial charge in [-0.3, -0.25) is 4.79 Å². The van der Waals surface area contributed by atoms with E-state index >= 15 is 0 Å². The molecule has 0 bridgehead atoms. The predicted molar refractivity (Wildman–Crippen MR) is 113 cm³/mol. The molecule has 0 saturated carbocycles. The van der Waals surface area contributed by atoms with Crippen LogP contribution in [0, 0.1) is 6.92 Å². The van der Waals surface area contributed by atoms with Gasteiger partial charge in [0.1, 0.15) is 0 Å². The Balaban J connectivity index is 1.47. The minimum Gasteiger partial charge on any atom is -0.411 e. The number of hydrogen-bond acceptors (Lipinski definition) is 9. The van der Waals surface area contributed by atoms with Gasteiger partial charge in [-0.25, -0.2) is 8.42 Å². The number of thiophene rings is 1. The molecule has 0 unspecified atom stereocenters. The van der Waals surface area contributed by atoms with Crippen molar-refractivity contribution in [3.8, 4) is 11.5 Å². The number of sulfonamides is 1. The van der Waals surface area contributed by atoms with E-state index in [1.165, 1.54) is 21.7 Å². The van der Waals surface area contributed by atoms with E-state index < -0.39 is 10.0 Å². The molecule has 0 atom stereocenters. The molecule has 1 aromatic carbocycles. The highest BCUT2D eigenvalue weighted by atomic mass is 32.2. The van der Waals surface area contributed by atoms with E-state index in [1.54, 1.807) is 18.2 Å². The molecule has 0 spiro atoms. The lowest BCUT2D eigenvalue weighted by Gasteiger charge is -2.26. The highest BCUT2D eigenvalue weighted by molar-refractivity contribution is 7.99. The molecule has 2 aromatic heterocycles. The molecular formula is C19H19N3O5S3. The molecule has 8 nitrogen and oxygen atoms in total. The summed E-state index contributed by atoms with van der Waals surface area (Å²) in [6.07, 6.45) is 0. The average molecular weight is 466 g/mol. The van der Waals surface area contributed by atoms with Gasteiger partial charge in [0, 0.05) is 23.5 Å². The number of aromatic nitrogens is 2. The first-order valence-corrected chi connectivity index (χ1v) is 12.4. The van der Waals surface area contributed by atoms with Crippen LogP contribution in [0.25, 0.3) is 11.5 Å². The quantitative estimate of drug-likeness (QED) is 0.387. The van der Waals surface area contributed by atoms with Crippen LogP contribution in [-0.4, -0.2) is 60.8 Å². The van der Waals surface area contributed by atoms with Crippen molar-refractivity contribution in [2.45, 2.75) is 17.0 Å². The zero-order valence-electron chi connectivity index (χ0n) is 16.1. The second-order valence-corrected chi connectivity index (χ2v) is 10.7. The Kier molecular flexibility index (Phi) is 6.34. The average Bonchev–Trinajstić information content (AvgIpc) is 3.42. The van der Waals surface area contributed by atoms with Gasteiger partial charge in [-0.1, -0.05) is 17.8 Å². The van der Waals surface area contributed by atoms with Crippen LogP contribution in [0.1, 0.15) is 14.5 Å². The normalized spacial score (nSPS) is 15.4. The molecule has 1 aliphatic rings. The van der Waals surface area contributed by atoms with E-state index in [0.29, 0.717) is 36.7 Å². The van der Waals surface area contributed by atoms with Gasteiger partial charge < -0.3 is 9.15 Å². The van der Waals surface area contributed by atoms with E-state index in [2.05, 4.69) is 10.2 Å². The second kappa shape index (κ2) is 8.98. The molecular weight excluding hydrogens is 446 g/mol. The standard InChI is InChI=1S/C19H19N3O5S3/c1-13-5-6-17(29-13)16(23)12-28-19-21-20-18(27-19)14-3-2-4-15(11-14)30(24,25)22-7-9-26-10-8-22/h2-6,11H,7-10,12H2,1H3. The molecule has 1 fully saturated rings. The van der Waals surface area contributed by atoms with E-state index in [9.17, 15) is 13.2 Å².